The molecule has 242 valence electrons. The normalized spacial score (nSPS) is 17.4. The van der Waals surface area contributed by atoms with Crippen LogP contribution in [0.2, 0.25) is 5.02 Å². The van der Waals surface area contributed by atoms with Crippen molar-refractivity contribution in [2.45, 2.75) is 30.3 Å². The van der Waals surface area contributed by atoms with Crippen LogP contribution in [-0.4, -0.2) is 69.3 Å². The SMILES string of the molecule is NC(=O)[C@@H](Nc1c(Cl)cccc1OC[C@@H]1CN[C@H](COC(=O)NCC(F)(F)F)CO1)C(c1ccc(F)cc1)c1ccc(F)cc1. The number of hydrogen-bond donors (Lipinski definition) is 4. The number of carbonyl (C=O) groups is 2. The molecule has 1 fully saturated rings. The Hall–Kier alpha value is -4.14. The number of carbonyl (C=O) groups excluding carboxylic acids is 2. The maximum absolute atomic E-state index is 13.8. The second kappa shape index (κ2) is 15.2. The average Bonchev–Trinajstić information content (AvgIpc) is 3.00. The molecule has 3 aromatic rings. The third-order valence-corrected chi connectivity index (χ3v) is 7.13. The third-order valence-electron chi connectivity index (χ3n) is 6.81. The van der Waals surface area contributed by atoms with Crippen LogP contribution >= 0.6 is 11.6 Å². The van der Waals surface area contributed by atoms with Crippen molar-refractivity contribution in [1.82, 2.24) is 10.6 Å². The summed E-state index contributed by atoms with van der Waals surface area (Å²) in [5, 5.41) is 7.99. The van der Waals surface area contributed by atoms with Crippen LogP contribution in [-0.2, 0) is 14.3 Å². The fraction of sp³-hybridized carbons (Fsp3) is 0.333. The molecule has 0 bridgehead atoms. The molecule has 45 heavy (non-hydrogen) atoms. The monoisotopic (exact) mass is 656 g/mol. The summed E-state index contributed by atoms with van der Waals surface area (Å²) >= 11 is 6.52. The first kappa shape index (κ1) is 33.7. The van der Waals surface area contributed by atoms with E-state index in [1.54, 1.807) is 23.5 Å². The zero-order valence-corrected chi connectivity index (χ0v) is 24.3. The van der Waals surface area contributed by atoms with Crippen LogP contribution in [0.4, 0.5) is 32.4 Å². The molecule has 15 heteroatoms. The number of primary amides is 1. The van der Waals surface area contributed by atoms with Crippen molar-refractivity contribution >= 4 is 29.3 Å². The molecule has 4 rings (SSSR count). The van der Waals surface area contributed by atoms with Crippen LogP contribution in [0.3, 0.4) is 0 Å². The summed E-state index contributed by atoms with van der Waals surface area (Å²) in [5.41, 5.74) is 7.17. The maximum Gasteiger partial charge on any atom is 0.407 e. The number of para-hydroxylation sites is 1. The Morgan fingerprint density at radius 3 is 2.16 bits per heavy atom. The number of nitrogens with two attached hydrogens (primary N) is 1. The molecule has 9 nitrogen and oxygen atoms in total. The number of alkyl halides is 3. The highest BCUT2D eigenvalue weighted by molar-refractivity contribution is 6.33. The predicted octanol–water partition coefficient (Wildman–Crippen LogP) is 4.74. The summed E-state index contributed by atoms with van der Waals surface area (Å²) in [4.78, 5) is 24.3. The number of alkyl carbamates (subject to hydrolysis) is 1. The lowest BCUT2D eigenvalue weighted by molar-refractivity contribution is -0.124. The summed E-state index contributed by atoms with van der Waals surface area (Å²) in [5.74, 6) is -2.23. The van der Waals surface area contributed by atoms with Gasteiger partial charge in [0.15, 0.2) is 0 Å². The van der Waals surface area contributed by atoms with Crippen LogP contribution in [0.15, 0.2) is 66.7 Å². The number of benzene rings is 3. The van der Waals surface area contributed by atoms with Gasteiger partial charge in [-0.25, -0.2) is 13.6 Å². The van der Waals surface area contributed by atoms with Crippen molar-refractivity contribution in [1.29, 1.82) is 0 Å². The third kappa shape index (κ3) is 9.93. The Morgan fingerprint density at radius 1 is 1.00 bits per heavy atom. The van der Waals surface area contributed by atoms with Crippen LogP contribution in [0.5, 0.6) is 5.75 Å². The van der Waals surface area contributed by atoms with Gasteiger partial charge in [-0.15, -0.1) is 0 Å². The zero-order valence-electron chi connectivity index (χ0n) is 23.6. The van der Waals surface area contributed by atoms with Gasteiger partial charge in [0.25, 0.3) is 0 Å². The van der Waals surface area contributed by atoms with Gasteiger partial charge < -0.3 is 35.9 Å². The molecule has 2 amide bonds. The highest BCUT2D eigenvalue weighted by atomic mass is 35.5. The molecule has 0 saturated carbocycles. The molecule has 1 saturated heterocycles. The smallest absolute Gasteiger partial charge is 0.407 e. The quantitative estimate of drug-likeness (QED) is 0.208. The van der Waals surface area contributed by atoms with E-state index in [9.17, 15) is 31.5 Å². The van der Waals surface area contributed by atoms with Crippen LogP contribution in [0.25, 0.3) is 0 Å². The van der Waals surface area contributed by atoms with E-state index in [1.165, 1.54) is 48.5 Å². The Morgan fingerprint density at radius 2 is 1.62 bits per heavy atom. The van der Waals surface area contributed by atoms with Crippen molar-refractivity contribution in [2.75, 3.05) is 38.2 Å². The largest absolute Gasteiger partial charge is 0.489 e. The molecular formula is C30H30ClF5N4O5. The summed E-state index contributed by atoms with van der Waals surface area (Å²) in [6.07, 6.45) is -6.22. The van der Waals surface area contributed by atoms with Gasteiger partial charge in [0.1, 0.15) is 49.3 Å². The van der Waals surface area contributed by atoms with E-state index in [-0.39, 0.29) is 42.8 Å². The lowest BCUT2D eigenvalue weighted by atomic mass is 9.84. The van der Waals surface area contributed by atoms with Crippen LogP contribution < -0.4 is 26.4 Å². The van der Waals surface area contributed by atoms with Crippen LogP contribution in [0, 0.1) is 11.6 Å². The first-order chi connectivity index (χ1) is 21.4. The second-order valence-corrected chi connectivity index (χ2v) is 10.6. The highest BCUT2D eigenvalue weighted by Crippen LogP contribution is 2.37. The van der Waals surface area contributed by atoms with Crippen LogP contribution in [0.1, 0.15) is 17.0 Å². The van der Waals surface area contributed by atoms with Crippen molar-refractivity contribution in [3.63, 3.8) is 0 Å². The summed E-state index contributed by atoms with van der Waals surface area (Å²) in [6.45, 7) is -1.33. The number of anilines is 1. The van der Waals surface area contributed by atoms with Crippen molar-refractivity contribution < 1.29 is 45.8 Å². The number of halogens is 6. The molecular weight excluding hydrogens is 627 g/mol. The van der Waals surface area contributed by atoms with Gasteiger partial charge in [0.2, 0.25) is 5.91 Å². The van der Waals surface area contributed by atoms with Crippen molar-refractivity contribution in [3.05, 3.63) is 94.5 Å². The molecule has 3 atom stereocenters. The minimum atomic E-state index is -4.55. The Balaban J connectivity index is 1.42. The molecule has 1 heterocycles. The summed E-state index contributed by atoms with van der Waals surface area (Å²) < 4.78 is 80.7. The standard InChI is InChI=1S/C30H30ClF5N4O5/c31-23-2-1-3-24(44-15-22-12-38-21(13-43-22)14-45-29(42)39-16-30(34,35)36)26(23)40-27(28(37)41)25(17-4-8-19(32)9-5-17)18-6-10-20(33)11-7-18/h1-11,21-22,25,27,38,40H,12-16H2,(H2,37,41)(H,39,42)/t21-,22-,27-/m0/s1. The Kier molecular flexibility index (Phi) is 11.4. The second-order valence-electron chi connectivity index (χ2n) is 10.2. The Bertz CT molecular complexity index is 1390. The molecule has 0 radical (unpaired) electrons. The zero-order chi connectivity index (χ0) is 32.6. The maximum atomic E-state index is 13.8. The molecule has 0 aliphatic carbocycles. The van der Waals surface area contributed by atoms with Gasteiger partial charge in [-0.1, -0.05) is 41.9 Å². The first-order valence-electron chi connectivity index (χ1n) is 13.7. The molecule has 3 aromatic carbocycles. The minimum absolute atomic E-state index is 0.0300. The van der Waals surface area contributed by atoms with Gasteiger partial charge in [-0.2, -0.15) is 13.2 Å². The van der Waals surface area contributed by atoms with E-state index in [0.717, 1.165) is 0 Å². The molecule has 5 N–H and O–H groups in total. The first-order valence-corrected chi connectivity index (χ1v) is 14.1. The molecule has 1 aliphatic heterocycles. The average molecular weight is 657 g/mol. The van der Waals surface area contributed by atoms with Gasteiger partial charge in [0, 0.05) is 12.5 Å². The van der Waals surface area contributed by atoms with E-state index in [2.05, 4.69) is 10.6 Å². The van der Waals surface area contributed by atoms with E-state index in [1.807, 2.05) is 0 Å². The van der Waals surface area contributed by atoms with Crippen molar-refractivity contribution in [2.24, 2.45) is 5.73 Å². The molecule has 0 spiro atoms. The van der Waals surface area contributed by atoms with E-state index >= 15 is 0 Å². The minimum Gasteiger partial charge on any atom is -0.489 e. The number of rotatable bonds is 12. The van der Waals surface area contributed by atoms with Gasteiger partial charge >= 0.3 is 12.3 Å². The van der Waals surface area contributed by atoms with E-state index < -0.39 is 60.5 Å². The van der Waals surface area contributed by atoms with Gasteiger partial charge in [-0.3, -0.25) is 4.79 Å². The lowest BCUT2D eigenvalue weighted by Crippen LogP contribution is -2.51. The van der Waals surface area contributed by atoms with Gasteiger partial charge in [0.05, 0.1) is 23.4 Å². The van der Waals surface area contributed by atoms with E-state index in [0.29, 0.717) is 11.1 Å². The number of amides is 2. The number of ether oxygens (including phenoxy) is 3. The fourth-order valence-corrected chi connectivity index (χ4v) is 4.84. The lowest BCUT2D eigenvalue weighted by Gasteiger charge is -2.31. The number of hydrogen-bond acceptors (Lipinski definition) is 7. The van der Waals surface area contributed by atoms with Crippen molar-refractivity contribution in [3.8, 4) is 5.75 Å². The molecule has 0 unspecified atom stereocenters. The number of nitrogens with one attached hydrogen (secondary N) is 3. The predicted molar refractivity (Wildman–Crippen MR) is 155 cm³/mol. The number of morpholine rings is 1. The molecule has 1 aliphatic rings. The summed E-state index contributed by atoms with van der Waals surface area (Å²) in [6, 6.07) is 14.2. The van der Waals surface area contributed by atoms with E-state index in [4.69, 9.17) is 31.5 Å². The summed E-state index contributed by atoms with van der Waals surface area (Å²) in [7, 11) is 0. The Labute approximate surface area is 260 Å². The highest BCUT2D eigenvalue weighted by Gasteiger charge is 2.32. The molecule has 0 aromatic heterocycles. The van der Waals surface area contributed by atoms with Gasteiger partial charge in [-0.05, 0) is 47.5 Å². The topological polar surface area (TPSA) is 124 Å². The fourth-order valence-electron chi connectivity index (χ4n) is 4.62.